The number of aryl methyl sites for hydroxylation is 1. The molecule has 0 saturated carbocycles. The molecule has 0 radical (unpaired) electrons. The second-order valence-corrected chi connectivity index (χ2v) is 6.20. The van der Waals surface area contributed by atoms with Gasteiger partial charge in [0.05, 0.1) is 5.56 Å². The molecule has 0 aromatic carbocycles. The van der Waals surface area contributed by atoms with E-state index in [1.807, 2.05) is 4.90 Å². The third-order valence-electron chi connectivity index (χ3n) is 4.34. The third-order valence-corrected chi connectivity index (χ3v) is 4.34. The first kappa shape index (κ1) is 15.5. The molecule has 3 rings (SSSR count). The van der Waals surface area contributed by atoms with Crippen LogP contribution in [-0.2, 0) is 6.54 Å². The fourth-order valence-electron chi connectivity index (χ4n) is 3.20. The SMILES string of the molecule is C=CCn1cnc2oc(C)c(C(=O)N3CCCC(C)C3)c2c1=O. The average Bonchev–Trinajstić information content (AvgIpc) is 2.86. The minimum absolute atomic E-state index is 0.136. The van der Waals surface area contributed by atoms with Crippen LogP contribution < -0.4 is 5.56 Å². The zero-order valence-corrected chi connectivity index (χ0v) is 13.5. The molecule has 122 valence electrons. The molecule has 1 fully saturated rings. The van der Waals surface area contributed by atoms with Gasteiger partial charge in [-0.1, -0.05) is 13.0 Å². The standard InChI is InChI=1S/C17H21N3O3/c1-4-7-20-10-18-15-14(17(20)22)13(12(3)23-15)16(21)19-8-5-6-11(2)9-19/h4,10-11H,1,5-9H2,2-3H3. The van der Waals surface area contributed by atoms with Crippen molar-refractivity contribution in [1.82, 2.24) is 14.5 Å². The molecule has 1 amide bonds. The maximum Gasteiger partial charge on any atom is 0.265 e. The van der Waals surface area contributed by atoms with Crippen molar-refractivity contribution in [3.05, 3.63) is 40.7 Å². The number of carbonyl (C=O) groups excluding carboxylic acids is 1. The molecule has 1 unspecified atom stereocenters. The van der Waals surface area contributed by atoms with E-state index in [0.29, 0.717) is 30.3 Å². The maximum atomic E-state index is 12.9. The van der Waals surface area contributed by atoms with Crippen molar-refractivity contribution in [2.45, 2.75) is 33.2 Å². The summed E-state index contributed by atoms with van der Waals surface area (Å²) in [4.78, 5) is 31.6. The number of hydrogen-bond donors (Lipinski definition) is 0. The van der Waals surface area contributed by atoms with E-state index in [1.165, 1.54) is 10.9 Å². The zero-order chi connectivity index (χ0) is 16.6. The Kier molecular flexibility index (Phi) is 4.07. The topological polar surface area (TPSA) is 68.3 Å². The zero-order valence-electron chi connectivity index (χ0n) is 13.5. The lowest BCUT2D eigenvalue weighted by molar-refractivity contribution is 0.0683. The molecule has 0 N–H and O–H groups in total. The van der Waals surface area contributed by atoms with Crippen molar-refractivity contribution in [3.8, 4) is 0 Å². The summed E-state index contributed by atoms with van der Waals surface area (Å²) in [7, 11) is 0. The van der Waals surface area contributed by atoms with Crippen LogP contribution in [0.1, 0.15) is 35.9 Å². The Morgan fingerprint density at radius 2 is 2.35 bits per heavy atom. The highest BCUT2D eigenvalue weighted by Crippen LogP contribution is 2.25. The van der Waals surface area contributed by atoms with Crippen LogP contribution in [0.3, 0.4) is 0 Å². The fraction of sp³-hybridized carbons (Fsp3) is 0.471. The highest BCUT2D eigenvalue weighted by atomic mass is 16.3. The Labute approximate surface area is 134 Å². The summed E-state index contributed by atoms with van der Waals surface area (Å²) in [6.07, 6.45) is 5.16. The average molecular weight is 315 g/mol. The molecule has 2 aromatic heterocycles. The lowest BCUT2D eigenvalue weighted by Crippen LogP contribution is -2.39. The molecule has 6 nitrogen and oxygen atoms in total. The molecule has 0 bridgehead atoms. The number of nitrogens with zero attached hydrogens (tertiary/aromatic N) is 3. The van der Waals surface area contributed by atoms with Crippen LogP contribution in [-0.4, -0.2) is 33.4 Å². The van der Waals surface area contributed by atoms with Crippen LogP contribution in [0.15, 0.2) is 28.2 Å². The van der Waals surface area contributed by atoms with E-state index in [9.17, 15) is 9.59 Å². The normalized spacial score (nSPS) is 18.3. The van der Waals surface area contributed by atoms with Crippen molar-refractivity contribution < 1.29 is 9.21 Å². The van der Waals surface area contributed by atoms with Crippen molar-refractivity contribution in [2.75, 3.05) is 13.1 Å². The summed E-state index contributed by atoms with van der Waals surface area (Å²) in [5.41, 5.74) is 0.311. The fourth-order valence-corrected chi connectivity index (χ4v) is 3.20. The molecular weight excluding hydrogens is 294 g/mol. The molecule has 6 heteroatoms. The number of amides is 1. The van der Waals surface area contributed by atoms with E-state index in [-0.39, 0.29) is 22.6 Å². The van der Waals surface area contributed by atoms with Gasteiger partial charge in [-0.2, -0.15) is 0 Å². The minimum Gasteiger partial charge on any atom is -0.442 e. The van der Waals surface area contributed by atoms with Gasteiger partial charge in [0.1, 0.15) is 17.5 Å². The molecule has 1 saturated heterocycles. The molecule has 3 heterocycles. The number of piperidine rings is 1. The van der Waals surface area contributed by atoms with Gasteiger partial charge in [-0.25, -0.2) is 4.98 Å². The molecule has 23 heavy (non-hydrogen) atoms. The summed E-state index contributed by atoms with van der Waals surface area (Å²) in [5.74, 6) is 0.786. The van der Waals surface area contributed by atoms with E-state index >= 15 is 0 Å². The molecule has 2 aromatic rings. The number of fused-ring (bicyclic) bond motifs is 1. The number of allylic oxidation sites excluding steroid dienone is 1. The van der Waals surface area contributed by atoms with Gasteiger partial charge in [-0.05, 0) is 25.7 Å². The number of likely N-dealkylation sites (tertiary alicyclic amines) is 1. The molecule has 1 aliphatic heterocycles. The summed E-state index contributed by atoms with van der Waals surface area (Å²) in [6.45, 7) is 9.26. The number of carbonyl (C=O) groups is 1. The predicted molar refractivity (Wildman–Crippen MR) is 87.5 cm³/mol. The lowest BCUT2D eigenvalue weighted by atomic mass is 9.99. The number of hydrogen-bond acceptors (Lipinski definition) is 4. The first-order valence-corrected chi connectivity index (χ1v) is 7.91. The smallest absolute Gasteiger partial charge is 0.265 e. The summed E-state index contributed by atoms with van der Waals surface area (Å²) >= 11 is 0. The van der Waals surface area contributed by atoms with Crippen LogP contribution >= 0.6 is 0 Å². The molecule has 1 aliphatic rings. The quantitative estimate of drug-likeness (QED) is 0.815. The number of aromatic nitrogens is 2. The van der Waals surface area contributed by atoms with E-state index in [4.69, 9.17) is 4.42 Å². The van der Waals surface area contributed by atoms with Gasteiger partial charge in [0.25, 0.3) is 11.5 Å². The summed E-state index contributed by atoms with van der Waals surface area (Å²) in [6, 6.07) is 0. The van der Waals surface area contributed by atoms with Crippen LogP contribution in [0.25, 0.3) is 11.1 Å². The minimum atomic E-state index is -0.264. The van der Waals surface area contributed by atoms with Crippen LogP contribution in [0, 0.1) is 12.8 Å². The van der Waals surface area contributed by atoms with Gasteiger partial charge in [0, 0.05) is 19.6 Å². The van der Waals surface area contributed by atoms with Crippen molar-refractivity contribution in [3.63, 3.8) is 0 Å². The highest BCUT2D eigenvalue weighted by molar-refractivity contribution is 6.06. The largest absolute Gasteiger partial charge is 0.442 e. The van der Waals surface area contributed by atoms with Gasteiger partial charge in [0.2, 0.25) is 5.71 Å². The Hall–Kier alpha value is -2.37. The van der Waals surface area contributed by atoms with Gasteiger partial charge in [-0.15, -0.1) is 6.58 Å². The Bertz CT molecular complexity index is 818. The molecule has 0 aliphatic carbocycles. The number of rotatable bonds is 3. The van der Waals surface area contributed by atoms with Crippen LogP contribution in [0.5, 0.6) is 0 Å². The second kappa shape index (κ2) is 6.02. The summed E-state index contributed by atoms with van der Waals surface area (Å²) in [5, 5.41) is 0.273. The van der Waals surface area contributed by atoms with Crippen molar-refractivity contribution in [1.29, 1.82) is 0 Å². The predicted octanol–water partition coefficient (Wildman–Crippen LogP) is 2.36. The van der Waals surface area contributed by atoms with E-state index in [2.05, 4.69) is 18.5 Å². The molecule has 0 spiro atoms. The molecular formula is C17H21N3O3. The van der Waals surface area contributed by atoms with Crippen LogP contribution in [0.4, 0.5) is 0 Å². The van der Waals surface area contributed by atoms with Gasteiger partial charge < -0.3 is 9.32 Å². The van der Waals surface area contributed by atoms with E-state index in [0.717, 1.165) is 19.4 Å². The van der Waals surface area contributed by atoms with Crippen molar-refractivity contribution in [2.24, 2.45) is 5.92 Å². The van der Waals surface area contributed by atoms with Gasteiger partial charge >= 0.3 is 0 Å². The monoisotopic (exact) mass is 315 g/mol. The Balaban J connectivity index is 2.10. The first-order chi connectivity index (χ1) is 11.0. The Morgan fingerprint density at radius 1 is 1.57 bits per heavy atom. The van der Waals surface area contributed by atoms with E-state index in [1.54, 1.807) is 13.0 Å². The van der Waals surface area contributed by atoms with Crippen LogP contribution in [0.2, 0.25) is 0 Å². The lowest BCUT2D eigenvalue weighted by Gasteiger charge is -2.30. The summed E-state index contributed by atoms with van der Waals surface area (Å²) < 4.78 is 6.98. The first-order valence-electron chi connectivity index (χ1n) is 7.91. The van der Waals surface area contributed by atoms with Crippen molar-refractivity contribution >= 4 is 17.0 Å². The number of furan rings is 1. The van der Waals surface area contributed by atoms with E-state index < -0.39 is 0 Å². The highest BCUT2D eigenvalue weighted by Gasteiger charge is 2.28. The maximum absolute atomic E-state index is 12.9. The second-order valence-electron chi connectivity index (χ2n) is 6.20. The molecule has 1 atom stereocenters. The third kappa shape index (κ3) is 2.69. The van der Waals surface area contributed by atoms with Gasteiger partial charge in [-0.3, -0.25) is 14.2 Å². The Morgan fingerprint density at radius 3 is 3.04 bits per heavy atom. The van der Waals surface area contributed by atoms with Gasteiger partial charge in [0.15, 0.2) is 0 Å².